The molecule has 1 N–H and O–H groups in total. The van der Waals surface area contributed by atoms with Crippen LogP contribution in [-0.2, 0) is 4.74 Å². The van der Waals surface area contributed by atoms with Gasteiger partial charge >= 0.3 is 0 Å². The van der Waals surface area contributed by atoms with Crippen LogP contribution in [0.1, 0.15) is 18.9 Å². The van der Waals surface area contributed by atoms with E-state index in [-0.39, 0.29) is 0 Å². The number of aromatic amines is 1. The molecule has 1 aliphatic rings. The number of nitrogens with one attached hydrogen (secondary N) is 1. The van der Waals surface area contributed by atoms with Crippen LogP contribution in [0.4, 0.5) is 0 Å². The highest BCUT2D eigenvalue weighted by molar-refractivity contribution is 7.71. The highest BCUT2D eigenvalue weighted by Crippen LogP contribution is 2.27. The molecule has 0 unspecified atom stereocenters. The zero-order valence-electron chi connectivity index (χ0n) is 10.0. The quantitative estimate of drug-likeness (QED) is 0.845. The summed E-state index contributed by atoms with van der Waals surface area (Å²) < 4.78 is 8.23. The molecule has 1 fully saturated rings. The number of hydrogen-bond donors (Lipinski definition) is 1. The van der Waals surface area contributed by atoms with Gasteiger partial charge in [-0.15, -0.1) is 0 Å². The summed E-state index contributed by atoms with van der Waals surface area (Å²) in [6.07, 6.45) is 1.99. The Hall–Kier alpha value is -1.46. The highest BCUT2D eigenvalue weighted by Gasteiger charge is 2.20. The van der Waals surface area contributed by atoms with Gasteiger partial charge in [-0.2, -0.15) is 5.10 Å². The van der Waals surface area contributed by atoms with Crippen molar-refractivity contribution in [2.45, 2.75) is 18.9 Å². The van der Waals surface area contributed by atoms with Crippen LogP contribution in [-0.4, -0.2) is 28.0 Å². The van der Waals surface area contributed by atoms with E-state index in [1.165, 1.54) is 0 Å². The number of H-pyrrole nitrogens is 1. The van der Waals surface area contributed by atoms with E-state index in [2.05, 4.69) is 26.9 Å². The molecule has 0 atom stereocenters. The normalized spacial score (nSPS) is 16.9. The lowest BCUT2D eigenvalue weighted by Gasteiger charge is -2.24. The maximum Gasteiger partial charge on any atom is 0.195 e. The average molecular weight is 261 g/mol. The van der Waals surface area contributed by atoms with Gasteiger partial charge in [0.25, 0.3) is 0 Å². The summed E-state index contributed by atoms with van der Waals surface area (Å²) in [6, 6.07) is 10.5. The third-order valence-corrected chi connectivity index (χ3v) is 3.58. The van der Waals surface area contributed by atoms with Crippen LogP contribution in [0.15, 0.2) is 30.3 Å². The molecule has 2 aromatic rings. The van der Waals surface area contributed by atoms with E-state index in [4.69, 9.17) is 17.0 Å². The topological polar surface area (TPSA) is 42.8 Å². The van der Waals surface area contributed by atoms with Gasteiger partial charge in [-0.1, -0.05) is 30.3 Å². The largest absolute Gasteiger partial charge is 0.381 e. The van der Waals surface area contributed by atoms with E-state index in [1.807, 2.05) is 18.2 Å². The van der Waals surface area contributed by atoms with Gasteiger partial charge in [-0.05, 0) is 25.1 Å². The summed E-state index contributed by atoms with van der Waals surface area (Å²) >= 11 is 5.36. The Morgan fingerprint density at radius 1 is 1.22 bits per heavy atom. The number of aromatic nitrogens is 3. The van der Waals surface area contributed by atoms with E-state index >= 15 is 0 Å². The second-order valence-electron chi connectivity index (χ2n) is 4.43. The minimum atomic E-state index is 0.389. The molecule has 0 amide bonds. The smallest absolute Gasteiger partial charge is 0.195 e. The van der Waals surface area contributed by atoms with Gasteiger partial charge in [0.05, 0.1) is 0 Å². The number of benzene rings is 1. The summed E-state index contributed by atoms with van der Waals surface area (Å²) in [4.78, 5) is 0. The molecule has 3 rings (SSSR count). The Morgan fingerprint density at radius 3 is 2.67 bits per heavy atom. The van der Waals surface area contributed by atoms with Gasteiger partial charge in [0.15, 0.2) is 10.6 Å². The number of rotatable bonds is 2. The molecule has 18 heavy (non-hydrogen) atoms. The first-order chi connectivity index (χ1) is 8.86. The van der Waals surface area contributed by atoms with Crippen molar-refractivity contribution in [3.63, 3.8) is 0 Å². The summed E-state index contributed by atoms with van der Waals surface area (Å²) in [7, 11) is 0. The van der Waals surface area contributed by atoms with Gasteiger partial charge in [-0.3, -0.25) is 9.67 Å². The molecule has 94 valence electrons. The van der Waals surface area contributed by atoms with Crippen LogP contribution in [0.2, 0.25) is 0 Å². The molecule has 0 aliphatic carbocycles. The molecule has 1 aromatic carbocycles. The van der Waals surface area contributed by atoms with Crippen molar-refractivity contribution in [3.8, 4) is 11.4 Å². The minimum Gasteiger partial charge on any atom is -0.381 e. The summed E-state index contributed by atoms with van der Waals surface area (Å²) in [5, 5.41) is 7.27. The monoisotopic (exact) mass is 261 g/mol. The molecule has 1 saturated heterocycles. The summed E-state index contributed by atoms with van der Waals surface area (Å²) in [5.41, 5.74) is 1.09. The van der Waals surface area contributed by atoms with E-state index in [0.29, 0.717) is 10.8 Å². The molecule has 0 spiro atoms. The highest BCUT2D eigenvalue weighted by atomic mass is 32.1. The maximum atomic E-state index is 5.41. The first kappa shape index (κ1) is 11.6. The second-order valence-corrected chi connectivity index (χ2v) is 4.82. The molecule has 1 aliphatic heterocycles. The molecule has 1 aromatic heterocycles. The predicted molar refractivity (Wildman–Crippen MR) is 71.9 cm³/mol. The first-order valence-electron chi connectivity index (χ1n) is 6.16. The molecule has 5 heteroatoms. The van der Waals surface area contributed by atoms with Gasteiger partial charge in [-0.25, -0.2) is 0 Å². The van der Waals surface area contributed by atoms with E-state index in [9.17, 15) is 0 Å². The second kappa shape index (κ2) is 5.04. The Bertz CT molecular complexity index is 569. The van der Waals surface area contributed by atoms with Crippen molar-refractivity contribution in [1.29, 1.82) is 0 Å². The SMILES string of the molecule is S=c1[nH]nc(-c2ccccc2)n1C1CCOCC1. The van der Waals surface area contributed by atoms with Crippen LogP contribution in [0.25, 0.3) is 11.4 Å². The fraction of sp³-hybridized carbons (Fsp3) is 0.385. The number of nitrogens with zero attached hydrogens (tertiary/aromatic N) is 2. The fourth-order valence-electron chi connectivity index (χ4n) is 2.38. The maximum absolute atomic E-state index is 5.41. The lowest BCUT2D eigenvalue weighted by atomic mass is 10.1. The van der Waals surface area contributed by atoms with Gasteiger partial charge in [0.1, 0.15) is 0 Å². The lowest BCUT2D eigenvalue weighted by Crippen LogP contribution is -2.20. The predicted octanol–water partition coefficient (Wildman–Crippen LogP) is 2.96. The van der Waals surface area contributed by atoms with Crippen molar-refractivity contribution < 1.29 is 4.74 Å². The summed E-state index contributed by atoms with van der Waals surface area (Å²) in [5.74, 6) is 0.924. The van der Waals surface area contributed by atoms with E-state index < -0.39 is 0 Å². The third-order valence-electron chi connectivity index (χ3n) is 3.29. The Kier molecular flexibility index (Phi) is 3.25. The first-order valence-corrected chi connectivity index (χ1v) is 6.57. The standard InChI is InChI=1S/C13H15N3OS/c18-13-15-14-12(10-4-2-1-3-5-10)16(13)11-6-8-17-9-7-11/h1-5,11H,6-9H2,(H,15,18). The Morgan fingerprint density at radius 2 is 1.94 bits per heavy atom. The average Bonchev–Trinajstić information content (AvgIpc) is 2.83. The molecule has 4 nitrogen and oxygen atoms in total. The van der Waals surface area contributed by atoms with Crippen LogP contribution in [0, 0.1) is 4.77 Å². The van der Waals surface area contributed by atoms with Crippen molar-refractivity contribution in [1.82, 2.24) is 14.8 Å². The van der Waals surface area contributed by atoms with E-state index in [0.717, 1.165) is 37.4 Å². The van der Waals surface area contributed by atoms with Crippen LogP contribution in [0.3, 0.4) is 0 Å². The van der Waals surface area contributed by atoms with Crippen LogP contribution >= 0.6 is 12.2 Å². The molecular formula is C13H15N3OS. The van der Waals surface area contributed by atoms with Crippen molar-refractivity contribution in [3.05, 3.63) is 35.1 Å². The van der Waals surface area contributed by atoms with Crippen molar-refractivity contribution in [2.75, 3.05) is 13.2 Å². The minimum absolute atomic E-state index is 0.389. The van der Waals surface area contributed by atoms with Gasteiger partial charge in [0, 0.05) is 24.8 Å². The zero-order chi connectivity index (χ0) is 12.4. The van der Waals surface area contributed by atoms with Gasteiger partial charge < -0.3 is 4.74 Å². The van der Waals surface area contributed by atoms with E-state index in [1.54, 1.807) is 0 Å². The van der Waals surface area contributed by atoms with Gasteiger partial charge in [0.2, 0.25) is 0 Å². The van der Waals surface area contributed by atoms with Crippen molar-refractivity contribution in [2.24, 2.45) is 0 Å². The third kappa shape index (κ3) is 2.11. The molecular weight excluding hydrogens is 246 g/mol. The number of ether oxygens (including phenoxy) is 1. The Labute approximate surface area is 111 Å². The molecule has 0 saturated carbocycles. The van der Waals surface area contributed by atoms with Crippen LogP contribution < -0.4 is 0 Å². The Balaban J connectivity index is 2.03. The lowest BCUT2D eigenvalue weighted by molar-refractivity contribution is 0.0696. The molecule has 2 heterocycles. The summed E-state index contributed by atoms with van der Waals surface area (Å²) in [6.45, 7) is 1.59. The molecule has 0 radical (unpaired) electrons. The zero-order valence-corrected chi connectivity index (χ0v) is 10.8. The molecule has 0 bridgehead atoms. The fourth-order valence-corrected chi connectivity index (χ4v) is 2.66. The van der Waals surface area contributed by atoms with Crippen molar-refractivity contribution >= 4 is 12.2 Å². The number of hydrogen-bond acceptors (Lipinski definition) is 3. The van der Waals surface area contributed by atoms with Crippen LogP contribution in [0.5, 0.6) is 0 Å².